The SMILES string of the molecule is CC(C)N(c1nn(-c2ccc(-c3ccccc3)cc2)cc1C(=O)O)C(=O)[C@H]1CC[C@H](C)CC1. The first kappa shape index (κ1) is 22.8. The van der Waals surface area contributed by atoms with Gasteiger partial charge in [-0.25, -0.2) is 9.48 Å². The van der Waals surface area contributed by atoms with E-state index in [1.54, 1.807) is 9.58 Å². The summed E-state index contributed by atoms with van der Waals surface area (Å²) in [5, 5.41) is 14.5. The van der Waals surface area contributed by atoms with Gasteiger partial charge < -0.3 is 5.11 Å². The van der Waals surface area contributed by atoms with Gasteiger partial charge in [-0.05, 0) is 68.7 Å². The zero-order valence-corrected chi connectivity index (χ0v) is 19.4. The van der Waals surface area contributed by atoms with Crippen molar-refractivity contribution >= 4 is 17.7 Å². The molecule has 1 amide bonds. The molecule has 3 aromatic rings. The van der Waals surface area contributed by atoms with Crippen LogP contribution in [0.5, 0.6) is 0 Å². The number of hydrogen-bond donors (Lipinski definition) is 1. The standard InChI is InChI=1S/C27H31N3O3/c1-18(2)30(26(31)22-11-9-19(3)10-12-22)25-24(27(32)33)17-29(28-25)23-15-13-21(14-16-23)20-7-5-4-6-8-20/h4-8,13-19,22H,9-12H2,1-3H3,(H,32,33)/t19-,22-. The number of hydrogen-bond acceptors (Lipinski definition) is 3. The predicted molar refractivity (Wildman–Crippen MR) is 130 cm³/mol. The first-order valence-corrected chi connectivity index (χ1v) is 11.7. The quantitative estimate of drug-likeness (QED) is 0.520. The molecule has 0 aliphatic heterocycles. The molecule has 1 heterocycles. The minimum Gasteiger partial charge on any atom is -0.477 e. The number of carboxylic acid groups (broad SMARTS) is 1. The van der Waals surface area contributed by atoms with Crippen LogP contribution in [0.25, 0.3) is 16.8 Å². The fourth-order valence-electron chi connectivity index (χ4n) is 4.57. The average molecular weight is 446 g/mol. The monoisotopic (exact) mass is 445 g/mol. The molecule has 0 saturated heterocycles. The summed E-state index contributed by atoms with van der Waals surface area (Å²) in [5.74, 6) is -0.347. The van der Waals surface area contributed by atoms with E-state index in [4.69, 9.17) is 0 Å². The van der Waals surface area contributed by atoms with Gasteiger partial charge in [0.25, 0.3) is 0 Å². The smallest absolute Gasteiger partial charge is 0.341 e. The Balaban J connectivity index is 1.66. The van der Waals surface area contributed by atoms with Crippen LogP contribution in [0, 0.1) is 11.8 Å². The number of aromatic carboxylic acids is 1. The Bertz CT molecular complexity index is 1110. The van der Waals surface area contributed by atoms with Crippen molar-refractivity contribution in [2.75, 3.05) is 4.90 Å². The van der Waals surface area contributed by atoms with Gasteiger partial charge in [0.15, 0.2) is 5.82 Å². The molecule has 4 rings (SSSR count). The summed E-state index contributed by atoms with van der Waals surface area (Å²) in [5.41, 5.74) is 2.95. The molecule has 0 unspecified atom stereocenters. The van der Waals surface area contributed by atoms with Crippen LogP contribution < -0.4 is 4.90 Å². The number of rotatable bonds is 6. The van der Waals surface area contributed by atoms with Gasteiger partial charge in [0.05, 0.1) is 5.69 Å². The average Bonchev–Trinajstić information content (AvgIpc) is 3.25. The van der Waals surface area contributed by atoms with Gasteiger partial charge in [0.2, 0.25) is 5.91 Å². The third-order valence-corrected chi connectivity index (χ3v) is 6.51. The van der Waals surface area contributed by atoms with Gasteiger partial charge in [-0.1, -0.05) is 49.4 Å². The highest BCUT2D eigenvalue weighted by Crippen LogP contribution is 2.33. The maximum atomic E-state index is 13.5. The summed E-state index contributed by atoms with van der Waals surface area (Å²) in [6.07, 6.45) is 5.23. The molecule has 0 radical (unpaired) electrons. The van der Waals surface area contributed by atoms with E-state index in [2.05, 4.69) is 12.0 Å². The first-order chi connectivity index (χ1) is 15.8. The zero-order chi connectivity index (χ0) is 23.5. The molecule has 1 N–H and O–H groups in total. The van der Waals surface area contributed by atoms with E-state index >= 15 is 0 Å². The number of amides is 1. The van der Waals surface area contributed by atoms with Crippen LogP contribution in [0.15, 0.2) is 60.8 Å². The van der Waals surface area contributed by atoms with Crippen molar-refractivity contribution < 1.29 is 14.7 Å². The Labute approximate surface area is 194 Å². The lowest BCUT2D eigenvalue weighted by molar-refractivity contribution is -0.123. The van der Waals surface area contributed by atoms with Crippen LogP contribution in [0.1, 0.15) is 56.8 Å². The Hall–Kier alpha value is -3.41. The van der Waals surface area contributed by atoms with Crippen LogP contribution in [0.2, 0.25) is 0 Å². The van der Waals surface area contributed by atoms with Crippen LogP contribution in [0.3, 0.4) is 0 Å². The van der Waals surface area contributed by atoms with E-state index in [9.17, 15) is 14.7 Å². The van der Waals surface area contributed by atoms with Gasteiger partial charge in [0, 0.05) is 18.2 Å². The zero-order valence-electron chi connectivity index (χ0n) is 19.4. The Morgan fingerprint density at radius 1 is 0.970 bits per heavy atom. The molecule has 2 aromatic carbocycles. The Kier molecular flexibility index (Phi) is 6.63. The van der Waals surface area contributed by atoms with Crippen molar-refractivity contribution in [2.24, 2.45) is 11.8 Å². The lowest BCUT2D eigenvalue weighted by Crippen LogP contribution is -2.43. The van der Waals surface area contributed by atoms with Crippen molar-refractivity contribution in [3.05, 3.63) is 66.4 Å². The number of carboxylic acids is 1. The van der Waals surface area contributed by atoms with E-state index in [-0.39, 0.29) is 29.2 Å². The van der Waals surface area contributed by atoms with Crippen LogP contribution in [-0.2, 0) is 4.79 Å². The third-order valence-electron chi connectivity index (χ3n) is 6.51. The Morgan fingerprint density at radius 3 is 2.15 bits per heavy atom. The maximum Gasteiger partial charge on any atom is 0.341 e. The van der Waals surface area contributed by atoms with E-state index in [1.165, 1.54) is 6.20 Å². The predicted octanol–water partition coefficient (Wildman–Crippen LogP) is 5.81. The summed E-state index contributed by atoms with van der Waals surface area (Å²) in [6.45, 7) is 6.03. The molecule has 6 nitrogen and oxygen atoms in total. The summed E-state index contributed by atoms with van der Waals surface area (Å²) < 4.78 is 1.55. The molecule has 6 heteroatoms. The second-order valence-corrected chi connectivity index (χ2v) is 9.29. The minimum atomic E-state index is -1.09. The van der Waals surface area contributed by atoms with Gasteiger partial charge in [-0.3, -0.25) is 9.69 Å². The molecular formula is C27H31N3O3. The van der Waals surface area contributed by atoms with E-state index in [0.29, 0.717) is 5.92 Å². The van der Waals surface area contributed by atoms with Crippen LogP contribution in [0.4, 0.5) is 5.82 Å². The molecule has 1 fully saturated rings. The number of carbonyl (C=O) groups excluding carboxylic acids is 1. The molecule has 0 atom stereocenters. The van der Waals surface area contributed by atoms with Crippen molar-refractivity contribution in [1.29, 1.82) is 0 Å². The molecule has 172 valence electrons. The molecule has 1 aliphatic rings. The van der Waals surface area contributed by atoms with Crippen molar-refractivity contribution in [3.63, 3.8) is 0 Å². The van der Waals surface area contributed by atoms with E-state index in [0.717, 1.165) is 42.5 Å². The lowest BCUT2D eigenvalue weighted by Gasteiger charge is -2.32. The van der Waals surface area contributed by atoms with Crippen molar-refractivity contribution in [1.82, 2.24) is 9.78 Å². The van der Waals surface area contributed by atoms with Crippen molar-refractivity contribution in [3.8, 4) is 16.8 Å². The van der Waals surface area contributed by atoms with Gasteiger partial charge in [-0.15, -0.1) is 5.10 Å². The van der Waals surface area contributed by atoms with Crippen LogP contribution in [-0.4, -0.2) is 32.8 Å². The second-order valence-electron chi connectivity index (χ2n) is 9.29. The highest BCUT2D eigenvalue weighted by Gasteiger charge is 2.34. The normalized spacial score (nSPS) is 18.3. The van der Waals surface area contributed by atoms with Crippen molar-refractivity contribution in [2.45, 2.75) is 52.5 Å². The Morgan fingerprint density at radius 2 is 1.58 bits per heavy atom. The molecule has 33 heavy (non-hydrogen) atoms. The van der Waals surface area contributed by atoms with Crippen LogP contribution >= 0.6 is 0 Å². The number of aromatic nitrogens is 2. The maximum absolute atomic E-state index is 13.5. The highest BCUT2D eigenvalue weighted by atomic mass is 16.4. The summed E-state index contributed by atoms with van der Waals surface area (Å²) in [4.78, 5) is 27.1. The van der Waals surface area contributed by atoms with Gasteiger partial charge in [-0.2, -0.15) is 0 Å². The fourth-order valence-corrected chi connectivity index (χ4v) is 4.57. The van der Waals surface area contributed by atoms with Gasteiger partial charge in [0.1, 0.15) is 5.56 Å². The second kappa shape index (κ2) is 9.61. The topological polar surface area (TPSA) is 75.4 Å². The molecule has 0 spiro atoms. The highest BCUT2D eigenvalue weighted by molar-refractivity contribution is 6.01. The molecule has 1 aromatic heterocycles. The summed E-state index contributed by atoms with van der Waals surface area (Å²) in [6, 6.07) is 17.7. The molecule has 1 aliphatic carbocycles. The lowest BCUT2D eigenvalue weighted by atomic mass is 9.82. The minimum absolute atomic E-state index is 0.0240. The third kappa shape index (κ3) is 4.85. The summed E-state index contributed by atoms with van der Waals surface area (Å²) >= 11 is 0. The van der Waals surface area contributed by atoms with E-state index < -0.39 is 5.97 Å². The number of carbonyl (C=O) groups is 2. The molecular weight excluding hydrogens is 414 g/mol. The largest absolute Gasteiger partial charge is 0.477 e. The van der Waals surface area contributed by atoms with E-state index in [1.807, 2.05) is 68.4 Å². The number of anilines is 1. The fraction of sp³-hybridized carbons (Fsp3) is 0.370. The van der Waals surface area contributed by atoms with Gasteiger partial charge >= 0.3 is 5.97 Å². The first-order valence-electron chi connectivity index (χ1n) is 11.7. The summed E-state index contributed by atoms with van der Waals surface area (Å²) in [7, 11) is 0. The number of benzene rings is 2. The molecule has 1 saturated carbocycles. The number of nitrogens with zero attached hydrogens (tertiary/aromatic N) is 3. The molecule has 0 bridgehead atoms.